The molecule has 1 heterocycles. The van der Waals surface area contributed by atoms with Crippen molar-refractivity contribution in [3.8, 4) is 0 Å². The molecule has 1 amide bonds. The number of hydrogen-bond donors (Lipinski definition) is 1. The second-order valence-corrected chi connectivity index (χ2v) is 4.63. The van der Waals surface area contributed by atoms with E-state index in [1.165, 1.54) is 11.0 Å². The quantitative estimate of drug-likeness (QED) is 0.901. The van der Waals surface area contributed by atoms with Crippen LogP contribution < -0.4 is 10.2 Å². The maximum absolute atomic E-state index is 13.7. The van der Waals surface area contributed by atoms with Gasteiger partial charge in [0.25, 0.3) is 0 Å². The van der Waals surface area contributed by atoms with Gasteiger partial charge in [0.2, 0.25) is 5.91 Å². The molecule has 0 spiro atoms. The first kappa shape index (κ1) is 11.5. The zero-order valence-corrected chi connectivity index (χ0v) is 10.4. The Balaban J connectivity index is 2.29. The molecule has 1 atom stereocenters. The highest BCUT2D eigenvalue weighted by Crippen LogP contribution is 2.26. The van der Waals surface area contributed by atoms with Crippen LogP contribution in [0, 0.1) is 5.82 Å². The Morgan fingerprint density at radius 3 is 2.88 bits per heavy atom. The molecule has 3 nitrogen and oxygen atoms in total. The van der Waals surface area contributed by atoms with Gasteiger partial charge in [-0.05, 0) is 31.7 Å². The van der Waals surface area contributed by atoms with E-state index in [-0.39, 0.29) is 17.8 Å². The van der Waals surface area contributed by atoms with E-state index in [0.29, 0.717) is 23.1 Å². The van der Waals surface area contributed by atoms with Crippen molar-refractivity contribution >= 4 is 27.5 Å². The fourth-order valence-electron chi connectivity index (χ4n) is 1.89. The molecule has 5 heteroatoms. The largest absolute Gasteiger partial charge is 0.309 e. The molecule has 0 saturated carbocycles. The SMILES string of the molecule is CNC1CCN(c2ccc(Br)cc2F)C1=O. The maximum atomic E-state index is 13.7. The molecule has 0 bridgehead atoms. The summed E-state index contributed by atoms with van der Waals surface area (Å²) < 4.78 is 14.3. The Labute approximate surface area is 102 Å². The van der Waals surface area contributed by atoms with Crippen molar-refractivity contribution in [2.45, 2.75) is 12.5 Å². The minimum Gasteiger partial charge on any atom is -0.309 e. The number of carbonyl (C=O) groups excluding carboxylic acids is 1. The number of anilines is 1. The smallest absolute Gasteiger partial charge is 0.244 e. The van der Waals surface area contributed by atoms with Crippen LogP contribution in [0.25, 0.3) is 0 Å². The Morgan fingerprint density at radius 1 is 1.56 bits per heavy atom. The Hall–Kier alpha value is -0.940. The highest BCUT2D eigenvalue weighted by Gasteiger charge is 2.32. The summed E-state index contributed by atoms with van der Waals surface area (Å²) in [4.78, 5) is 13.3. The van der Waals surface area contributed by atoms with Crippen LogP contribution in [-0.4, -0.2) is 25.5 Å². The zero-order chi connectivity index (χ0) is 11.7. The zero-order valence-electron chi connectivity index (χ0n) is 8.84. The number of rotatable bonds is 2. The summed E-state index contributed by atoms with van der Waals surface area (Å²) >= 11 is 3.19. The van der Waals surface area contributed by atoms with Crippen LogP contribution >= 0.6 is 15.9 Å². The molecule has 0 aliphatic carbocycles. The van der Waals surface area contributed by atoms with Crippen LogP contribution in [0.4, 0.5) is 10.1 Å². The maximum Gasteiger partial charge on any atom is 0.244 e. The van der Waals surface area contributed by atoms with Crippen LogP contribution in [0.1, 0.15) is 6.42 Å². The van der Waals surface area contributed by atoms with Crippen LogP contribution in [0.3, 0.4) is 0 Å². The first-order valence-electron chi connectivity index (χ1n) is 5.07. The monoisotopic (exact) mass is 286 g/mol. The second kappa shape index (κ2) is 4.51. The van der Waals surface area contributed by atoms with Gasteiger partial charge in [0.15, 0.2) is 0 Å². The van der Waals surface area contributed by atoms with Crippen LogP contribution in [-0.2, 0) is 4.79 Å². The highest BCUT2D eigenvalue weighted by atomic mass is 79.9. The molecule has 1 N–H and O–H groups in total. The number of halogens is 2. The molecule has 1 aromatic rings. The molecule has 1 aromatic carbocycles. The number of amides is 1. The lowest BCUT2D eigenvalue weighted by atomic mass is 10.2. The molecule has 16 heavy (non-hydrogen) atoms. The third kappa shape index (κ3) is 1.97. The number of carbonyl (C=O) groups is 1. The Morgan fingerprint density at radius 2 is 2.31 bits per heavy atom. The van der Waals surface area contributed by atoms with E-state index >= 15 is 0 Å². The van der Waals surface area contributed by atoms with E-state index in [4.69, 9.17) is 0 Å². The molecule has 0 radical (unpaired) electrons. The fourth-order valence-corrected chi connectivity index (χ4v) is 2.22. The van der Waals surface area contributed by atoms with Gasteiger partial charge in [0.1, 0.15) is 5.82 Å². The predicted molar refractivity (Wildman–Crippen MR) is 63.9 cm³/mol. The molecule has 2 rings (SSSR count). The van der Waals surface area contributed by atoms with Crippen molar-refractivity contribution < 1.29 is 9.18 Å². The molecule has 1 saturated heterocycles. The number of likely N-dealkylation sites (N-methyl/N-ethyl adjacent to an activating group) is 1. The summed E-state index contributed by atoms with van der Waals surface area (Å²) in [6.07, 6.45) is 0.713. The molecular weight excluding hydrogens is 275 g/mol. The second-order valence-electron chi connectivity index (χ2n) is 3.72. The summed E-state index contributed by atoms with van der Waals surface area (Å²) in [5.41, 5.74) is 0.353. The van der Waals surface area contributed by atoms with E-state index in [0.717, 1.165) is 0 Å². The normalized spacial score (nSPS) is 20.6. The standard InChI is InChI=1S/C11H12BrFN2O/c1-14-9-4-5-15(11(9)16)10-3-2-7(12)6-8(10)13/h2-3,6,9,14H,4-5H2,1H3. The lowest BCUT2D eigenvalue weighted by Gasteiger charge is -2.17. The molecule has 86 valence electrons. The summed E-state index contributed by atoms with van der Waals surface area (Å²) in [5, 5.41) is 2.92. The van der Waals surface area contributed by atoms with Crippen molar-refractivity contribution in [2.75, 3.05) is 18.5 Å². The molecule has 0 aromatic heterocycles. The van der Waals surface area contributed by atoms with Crippen molar-refractivity contribution in [1.82, 2.24) is 5.32 Å². The molecular formula is C11H12BrFN2O. The average Bonchev–Trinajstić information content (AvgIpc) is 2.60. The van der Waals surface area contributed by atoms with Gasteiger partial charge in [0.05, 0.1) is 11.7 Å². The first-order chi connectivity index (χ1) is 7.63. The van der Waals surface area contributed by atoms with Gasteiger partial charge in [-0.2, -0.15) is 0 Å². The van der Waals surface area contributed by atoms with Gasteiger partial charge in [-0.1, -0.05) is 15.9 Å². The minimum atomic E-state index is -0.375. The van der Waals surface area contributed by atoms with E-state index in [1.54, 1.807) is 19.2 Å². The van der Waals surface area contributed by atoms with Gasteiger partial charge in [0, 0.05) is 11.0 Å². The Kier molecular flexibility index (Phi) is 3.25. The minimum absolute atomic E-state index is 0.0660. The molecule has 1 aliphatic rings. The van der Waals surface area contributed by atoms with Crippen molar-refractivity contribution in [3.05, 3.63) is 28.5 Å². The lowest BCUT2D eigenvalue weighted by Crippen LogP contribution is -2.36. The highest BCUT2D eigenvalue weighted by molar-refractivity contribution is 9.10. The topological polar surface area (TPSA) is 32.3 Å². The van der Waals surface area contributed by atoms with Crippen molar-refractivity contribution in [3.63, 3.8) is 0 Å². The summed E-state index contributed by atoms with van der Waals surface area (Å²) in [6.45, 7) is 0.558. The number of nitrogens with zero attached hydrogens (tertiary/aromatic N) is 1. The average molecular weight is 287 g/mol. The molecule has 1 unspecified atom stereocenters. The van der Waals surface area contributed by atoms with Crippen LogP contribution in [0.2, 0.25) is 0 Å². The third-order valence-corrected chi connectivity index (χ3v) is 3.25. The van der Waals surface area contributed by atoms with Gasteiger partial charge >= 0.3 is 0 Å². The third-order valence-electron chi connectivity index (χ3n) is 2.75. The summed E-state index contributed by atoms with van der Waals surface area (Å²) in [5.74, 6) is -0.441. The van der Waals surface area contributed by atoms with Gasteiger partial charge in [-0.15, -0.1) is 0 Å². The number of benzene rings is 1. The first-order valence-corrected chi connectivity index (χ1v) is 5.86. The predicted octanol–water partition coefficient (Wildman–Crippen LogP) is 1.91. The van der Waals surface area contributed by atoms with E-state index in [9.17, 15) is 9.18 Å². The molecule has 1 aliphatic heterocycles. The van der Waals surface area contributed by atoms with Gasteiger partial charge < -0.3 is 10.2 Å². The van der Waals surface area contributed by atoms with Gasteiger partial charge in [-0.3, -0.25) is 4.79 Å². The van der Waals surface area contributed by atoms with E-state index in [2.05, 4.69) is 21.2 Å². The lowest BCUT2D eigenvalue weighted by molar-refractivity contribution is -0.118. The van der Waals surface area contributed by atoms with E-state index in [1.807, 2.05) is 0 Å². The fraction of sp³-hybridized carbons (Fsp3) is 0.364. The molecule has 1 fully saturated rings. The van der Waals surface area contributed by atoms with E-state index < -0.39 is 0 Å². The van der Waals surface area contributed by atoms with Crippen LogP contribution in [0.15, 0.2) is 22.7 Å². The van der Waals surface area contributed by atoms with Crippen molar-refractivity contribution in [1.29, 1.82) is 0 Å². The summed E-state index contributed by atoms with van der Waals surface area (Å²) in [6, 6.07) is 4.53. The van der Waals surface area contributed by atoms with Crippen molar-refractivity contribution in [2.24, 2.45) is 0 Å². The number of hydrogen-bond acceptors (Lipinski definition) is 2. The van der Waals surface area contributed by atoms with Gasteiger partial charge in [-0.25, -0.2) is 4.39 Å². The number of nitrogens with one attached hydrogen (secondary N) is 1. The summed E-state index contributed by atoms with van der Waals surface area (Å²) in [7, 11) is 1.74. The van der Waals surface area contributed by atoms with Crippen LogP contribution in [0.5, 0.6) is 0 Å². The Bertz CT molecular complexity index is 424.